The van der Waals surface area contributed by atoms with Crippen molar-refractivity contribution in [1.29, 1.82) is 0 Å². The fourth-order valence-corrected chi connectivity index (χ4v) is 7.53. The van der Waals surface area contributed by atoms with Gasteiger partial charge in [0.15, 0.2) is 5.82 Å². The number of para-hydroxylation sites is 2. The monoisotopic (exact) mass is 680 g/mol. The topological polar surface area (TPSA) is 51.8 Å². The zero-order valence-corrected chi connectivity index (χ0v) is 28.7. The average Bonchev–Trinajstić information content (AvgIpc) is 3.82. The Morgan fingerprint density at radius 2 is 1.00 bits per heavy atom. The van der Waals surface area contributed by atoms with E-state index in [9.17, 15) is 0 Å². The van der Waals surface area contributed by atoms with Crippen LogP contribution in [0.3, 0.4) is 0 Å². The SMILES string of the molecule is c1ccc(-n2ccc3c4c5cc(N(c6ccc(-c7ccncc7)cc6)c6ccc(-c7ncccn7)cc6)ccc5n(-c5ccccc5)c4ccc32)cc1. The van der Waals surface area contributed by atoms with Gasteiger partial charge in [-0.15, -0.1) is 0 Å². The van der Waals surface area contributed by atoms with Gasteiger partial charge in [-0.05, 0) is 126 Å². The second kappa shape index (κ2) is 12.8. The van der Waals surface area contributed by atoms with Gasteiger partial charge >= 0.3 is 0 Å². The second-order valence-electron chi connectivity index (χ2n) is 13.0. The van der Waals surface area contributed by atoms with E-state index < -0.39 is 0 Å². The smallest absolute Gasteiger partial charge is 0.159 e. The highest BCUT2D eigenvalue weighted by molar-refractivity contribution is 6.22. The van der Waals surface area contributed by atoms with Crippen LogP contribution in [-0.2, 0) is 0 Å². The molecule has 0 bridgehead atoms. The zero-order valence-electron chi connectivity index (χ0n) is 28.7. The van der Waals surface area contributed by atoms with Gasteiger partial charge in [-0.2, -0.15) is 0 Å². The maximum absolute atomic E-state index is 4.48. The second-order valence-corrected chi connectivity index (χ2v) is 13.0. The highest BCUT2D eigenvalue weighted by Gasteiger charge is 2.20. The van der Waals surface area contributed by atoms with Crippen LogP contribution in [0.5, 0.6) is 0 Å². The van der Waals surface area contributed by atoms with Crippen molar-refractivity contribution in [2.75, 3.05) is 4.90 Å². The van der Waals surface area contributed by atoms with Crippen LogP contribution in [0.25, 0.3) is 66.6 Å². The summed E-state index contributed by atoms with van der Waals surface area (Å²) >= 11 is 0. The van der Waals surface area contributed by atoms with Crippen molar-refractivity contribution in [2.24, 2.45) is 0 Å². The fraction of sp³-hybridized carbons (Fsp3) is 0. The van der Waals surface area contributed by atoms with Crippen LogP contribution in [0.1, 0.15) is 0 Å². The van der Waals surface area contributed by atoms with Gasteiger partial charge in [-0.3, -0.25) is 4.98 Å². The third kappa shape index (κ3) is 5.32. The number of rotatable bonds is 7. The van der Waals surface area contributed by atoms with Gasteiger partial charge in [-0.25, -0.2) is 9.97 Å². The van der Waals surface area contributed by atoms with E-state index in [-0.39, 0.29) is 0 Å². The van der Waals surface area contributed by atoms with E-state index >= 15 is 0 Å². The summed E-state index contributed by atoms with van der Waals surface area (Å²) in [6.07, 6.45) is 9.40. The molecule has 0 N–H and O–H groups in total. The lowest BCUT2D eigenvalue weighted by molar-refractivity contribution is 1.13. The molecule has 10 rings (SSSR count). The summed E-state index contributed by atoms with van der Waals surface area (Å²) in [7, 11) is 0. The van der Waals surface area contributed by atoms with Gasteiger partial charge in [0.25, 0.3) is 0 Å². The van der Waals surface area contributed by atoms with E-state index in [1.807, 2.05) is 30.6 Å². The Bertz CT molecular complexity index is 2760. The number of pyridine rings is 1. The maximum Gasteiger partial charge on any atom is 0.159 e. The first-order chi connectivity index (χ1) is 26.3. The highest BCUT2D eigenvalue weighted by atomic mass is 15.1. The summed E-state index contributed by atoms with van der Waals surface area (Å²) in [4.78, 5) is 15.5. The van der Waals surface area contributed by atoms with E-state index in [4.69, 9.17) is 0 Å². The lowest BCUT2D eigenvalue weighted by Gasteiger charge is -2.26. The number of aromatic nitrogens is 5. The molecule has 0 aliphatic carbocycles. The minimum absolute atomic E-state index is 0.703. The summed E-state index contributed by atoms with van der Waals surface area (Å²) in [6.45, 7) is 0. The molecule has 6 aromatic carbocycles. The summed E-state index contributed by atoms with van der Waals surface area (Å²) in [5.41, 5.74) is 12.1. The molecule has 0 aliphatic heterocycles. The Morgan fingerprint density at radius 3 is 1.70 bits per heavy atom. The molecule has 4 aromatic heterocycles. The predicted octanol–water partition coefficient (Wildman–Crippen LogP) is 11.7. The van der Waals surface area contributed by atoms with Crippen LogP contribution < -0.4 is 4.90 Å². The molecule has 0 fully saturated rings. The molecule has 6 heteroatoms. The van der Waals surface area contributed by atoms with Crippen molar-refractivity contribution in [2.45, 2.75) is 0 Å². The minimum atomic E-state index is 0.703. The van der Waals surface area contributed by atoms with Crippen LogP contribution in [0, 0.1) is 0 Å². The first kappa shape index (κ1) is 30.5. The van der Waals surface area contributed by atoms with Crippen molar-refractivity contribution in [3.63, 3.8) is 0 Å². The number of hydrogen-bond donors (Lipinski definition) is 0. The average molecular weight is 681 g/mol. The van der Waals surface area contributed by atoms with Gasteiger partial charge in [0, 0.05) is 81.1 Å². The number of nitrogens with zero attached hydrogens (tertiary/aromatic N) is 6. The Morgan fingerprint density at radius 1 is 0.415 bits per heavy atom. The van der Waals surface area contributed by atoms with E-state index in [1.165, 1.54) is 27.2 Å². The highest BCUT2D eigenvalue weighted by Crippen LogP contribution is 2.43. The molecule has 250 valence electrons. The zero-order chi connectivity index (χ0) is 35.1. The van der Waals surface area contributed by atoms with Gasteiger partial charge < -0.3 is 14.0 Å². The molecule has 0 unspecified atom stereocenters. The molecule has 0 spiro atoms. The third-order valence-corrected chi connectivity index (χ3v) is 9.98. The molecule has 0 radical (unpaired) electrons. The molecule has 0 aliphatic rings. The quantitative estimate of drug-likeness (QED) is 0.168. The van der Waals surface area contributed by atoms with Gasteiger partial charge in [0.2, 0.25) is 0 Å². The molecular formula is C47H32N6. The molecule has 0 saturated heterocycles. The first-order valence-corrected chi connectivity index (χ1v) is 17.7. The standard InChI is InChI=1S/C47H32N6/c1-3-8-36(9-4-1)51-31-26-41-43(51)22-23-45-46(41)42-32-40(20-21-44(42)53(45)37-10-5-2-6-11-37)52(38-16-12-33(13-17-38)34-24-29-48-30-25-34)39-18-14-35(15-19-39)47-49-27-7-28-50-47/h1-32H. The lowest BCUT2D eigenvalue weighted by atomic mass is 10.0. The summed E-state index contributed by atoms with van der Waals surface area (Å²) in [5, 5.41) is 3.62. The minimum Gasteiger partial charge on any atom is -0.317 e. The first-order valence-electron chi connectivity index (χ1n) is 17.7. The molecular weight excluding hydrogens is 649 g/mol. The Balaban J connectivity index is 1.19. The van der Waals surface area contributed by atoms with Crippen LogP contribution >= 0.6 is 0 Å². The van der Waals surface area contributed by atoms with Crippen LogP contribution in [0.2, 0.25) is 0 Å². The Kier molecular flexibility index (Phi) is 7.36. The molecule has 53 heavy (non-hydrogen) atoms. The number of benzene rings is 6. The van der Waals surface area contributed by atoms with Gasteiger partial charge in [-0.1, -0.05) is 48.5 Å². The Labute approximate surface area is 306 Å². The molecule has 0 atom stereocenters. The number of anilines is 3. The lowest BCUT2D eigenvalue weighted by Crippen LogP contribution is -2.10. The maximum atomic E-state index is 4.48. The molecule has 10 aromatic rings. The summed E-state index contributed by atoms with van der Waals surface area (Å²) in [5.74, 6) is 0.703. The number of fused-ring (bicyclic) bond motifs is 5. The van der Waals surface area contributed by atoms with Crippen molar-refractivity contribution in [1.82, 2.24) is 24.1 Å². The van der Waals surface area contributed by atoms with E-state index in [1.54, 1.807) is 12.4 Å². The van der Waals surface area contributed by atoms with Crippen LogP contribution in [-0.4, -0.2) is 24.1 Å². The summed E-state index contributed by atoms with van der Waals surface area (Å²) < 4.78 is 4.66. The Hall–Kier alpha value is -7.31. The van der Waals surface area contributed by atoms with Crippen molar-refractivity contribution >= 4 is 49.8 Å². The number of hydrogen-bond acceptors (Lipinski definition) is 4. The normalized spacial score (nSPS) is 11.4. The molecule has 0 amide bonds. The predicted molar refractivity (Wildman–Crippen MR) is 217 cm³/mol. The van der Waals surface area contributed by atoms with Crippen LogP contribution in [0.15, 0.2) is 195 Å². The van der Waals surface area contributed by atoms with Crippen LogP contribution in [0.4, 0.5) is 17.1 Å². The summed E-state index contributed by atoms with van der Waals surface area (Å²) in [6, 6.07) is 58.0. The molecule has 6 nitrogen and oxygen atoms in total. The largest absolute Gasteiger partial charge is 0.317 e. The fourth-order valence-electron chi connectivity index (χ4n) is 7.53. The third-order valence-electron chi connectivity index (χ3n) is 9.98. The van der Waals surface area contributed by atoms with E-state index in [2.05, 4.69) is 181 Å². The van der Waals surface area contributed by atoms with Gasteiger partial charge in [0.1, 0.15) is 0 Å². The van der Waals surface area contributed by atoms with E-state index in [0.29, 0.717) is 5.82 Å². The molecule has 4 heterocycles. The van der Waals surface area contributed by atoms with Crippen molar-refractivity contribution < 1.29 is 0 Å². The molecule has 0 saturated carbocycles. The van der Waals surface area contributed by atoms with Crippen molar-refractivity contribution in [3.8, 4) is 33.9 Å². The van der Waals surface area contributed by atoms with E-state index in [0.717, 1.165) is 50.6 Å². The van der Waals surface area contributed by atoms with Gasteiger partial charge in [0.05, 0.1) is 16.6 Å². The van der Waals surface area contributed by atoms with Crippen molar-refractivity contribution in [3.05, 3.63) is 195 Å².